The molecule has 3 nitrogen and oxygen atoms in total. The van der Waals surface area contributed by atoms with Crippen LogP contribution in [0.15, 0.2) is 86.2 Å². The first kappa shape index (κ1) is 34.1. The van der Waals surface area contributed by atoms with E-state index in [1.807, 2.05) is 78.9 Å². The van der Waals surface area contributed by atoms with Crippen molar-refractivity contribution >= 4 is 78.4 Å². The van der Waals surface area contributed by atoms with Gasteiger partial charge in [-0.1, -0.05) is 85.4 Å². The Kier molecular flexibility index (Phi) is 14.9. The molecular weight excluding hydrogens is 722 g/mol. The fourth-order valence-corrected chi connectivity index (χ4v) is 4.82. The first-order valence-electron chi connectivity index (χ1n) is 13.4. The van der Waals surface area contributed by atoms with Gasteiger partial charge in [-0.15, -0.1) is 0 Å². The zero-order valence-corrected chi connectivity index (χ0v) is 28.1. The summed E-state index contributed by atoms with van der Waals surface area (Å²) in [5.41, 5.74) is 4.72. The summed E-state index contributed by atoms with van der Waals surface area (Å²) in [6, 6.07) is 23.3. The van der Waals surface area contributed by atoms with Crippen LogP contribution in [0.4, 0.5) is 4.39 Å². The number of hydrogen-bond donors (Lipinski definition) is 0. The molecule has 0 aromatic heterocycles. The van der Waals surface area contributed by atoms with Crippen LogP contribution in [-0.2, 0) is 0 Å². The average Bonchev–Trinajstić information content (AvgIpc) is 3.28. The van der Waals surface area contributed by atoms with E-state index in [1.165, 1.54) is 6.42 Å². The molecule has 0 spiro atoms. The molecule has 0 amide bonds. The molecule has 2 heterocycles. The number of halogens is 4. The number of rotatable bonds is 2. The fourth-order valence-electron chi connectivity index (χ4n) is 3.69. The number of benzene rings is 4. The Morgan fingerprint density at radius 3 is 1.33 bits per heavy atom. The second-order valence-electron chi connectivity index (χ2n) is 8.69. The predicted octanol–water partition coefficient (Wildman–Crippen LogP) is 9.24. The van der Waals surface area contributed by atoms with Gasteiger partial charge in [0.2, 0.25) is 0 Å². The second kappa shape index (κ2) is 18.3. The molecule has 0 saturated carbocycles. The van der Waals surface area contributed by atoms with Gasteiger partial charge < -0.3 is 16.4 Å². The van der Waals surface area contributed by atoms with Crippen LogP contribution in [0.3, 0.4) is 0 Å². The van der Waals surface area contributed by atoms with Crippen molar-refractivity contribution in [3.05, 3.63) is 121 Å². The summed E-state index contributed by atoms with van der Waals surface area (Å²) >= 11 is 10.4. The number of carbonyl (C=O) groups is 1. The van der Waals surface area contributed by atoms with Crippen LogP contribution in [0.2, 0.25) is 0 Å². The Balaban J connectivity index is 0.000000243. The molecular formula is C34H29Br3FLiO3. The number of carbonyl (C=O) groups excluding carboxylic acids is 1. The SMILES string of the molecule is Brc1ccc2c(c1)C=Cc1cc(Br)ccc1O2.O=Cc1ccc2c(c1)C=Cc1cc(Br)ccc1O2.[2H]CF.[CH2-]CCC.[Li+]. The van der Waals surface area contributed by atoms with Crippen molar-refractivity contribution in [2.45, 2.75) is 19.8 Å². The Morgan fingerprint density at radius 2 is 1.02 bits per heavy atom. The molecule has 2 aliphatic heterocycles. The van der Waals surface area contributed by atoms with Gasteiger partial charge in [0.15, 0.2) is 0 Å². The summed E-state index contributed by atoms with van der Waals surface area (Å²) in [7, 11) is -1.00. The van der Waals surface area contributed by atoms with E-state index in [-0.39, 0.29) is 18.9 Å². The van der Waals surface area contributed by atoms with E-state index in [4.69, 9.17) is 10.8 Å². The molecule has 4 aromatic carbocycles. The summed E-state index contributed by atoms with van der Waals surface area (Å²) in [6.07, 6.45) is 11.2. The average molecular weight is 752 g/mol. The molecule has 0 fully saturated rings. The van der Waals surface area contributed by atoms with E-state index < -0.39 is 7.15 Å². The van der Waals surface area contributed by atoms with E-state index in [1.54, 1.807) is 6.07 Å². The minimum atomic E-state index is -1.00. The summed E-state index contributed by atoms with van der Waals surface area (Å²) in [5.74, 6) is 3.33. The first-order valence-corrected chi connectivity index (χ1v) is 15.0. The molecule has 0 atom stereocenters. The predicted molar refractivity (Wildman–Crippen MR) is 180 cm³/mol. The van der Waals surface area contributed by atoms with Crippen LogP contribution in [-0.4, -0.2) is 13.4 Å². The molecule has 0 aliphatic carbocycles. The van der Waals surface area contributed by atoms with Crippen LogP contribution in [0.25, 0.3) is 24.3 Å². The number of aldehydes is 1. The van der Waals surface area contributed by atoms with E-state index in [9.17, 15) is 9.18 Å². The standard InChI is InChI=1S/C15H9BrO2.C14H8Br2O.C4H9.CH3F.Li/c16-13-4-6-15-12(8-13)3-2-11-7-10(9-17)1-5-14(11)18-15;15-11-3-5-13-9(7-11)1-2-10-8-12(16)4-6-14(10)17-13;1-3-4-2;1-2;/h1-9H;1-8H;1,3-4H2,2H3;1H3;/q;;-1;;+1/i;;;1D;. The Labute approximate surface area is 286 Å². The van der Waals surface area contributed by atoms with E-state index in [0.29, 0.717) is 5.56 Å². The van der Waals surface area contributed by atoms with Crippen LogP contribution in [0.5, 0.6) is 23.0 Å². The van der Waals surface area contributed by atoms with Gasteiger partial charge in [0.05, 0.1) is 8.52 Å². The van der Waals surface area contributed by atoms with Gasteiger partial charge in [-0.2, -0.15) is 6.42 Å². The zero-order valence-electron chi connectivity index (χ0n) is 24.4. The Bertz CT molecular complexity index is 1520. The Hall–Kier alpha value is -2.40. The van der Waals surface area contributed by atoms with Crippen LogP contribution >= 0.6 is 47.8 Å². The molecule has 0 saturated heterocycles. The molecule has 0 unspecified atom stereocenters. The monoisotopic (exact) mass is 749 g/mol. The molecule has 8 heteroatoms. The molecule has 4 aromatic rings. The third-order valence-corrected chi connectivity index (χ3v) is 7.24. The smallest absolute Gasteiger partial charge is 0.456 e. The molecule has 6 rings (SSSR count). The van der Waals surface area contributed by atoms with Gasteiger partial charge in [0, 0.05) is 41.2 Å². The molecule has 0 radical (unpaired) electrons. The van der Waals surface area contributed by atoms with Crippen molar-refractivity contribution in [1.82, 2.24) is 0 Å². The van der Waals surface area contributed by atoms with Crippen molar-refractivity contribution in [2.75, 3.05) is 7.15 Å². The van der Waals surface area contributed by atoms with Gasteiger partial charge in [-0.25, -0.2) is 0 Å². The normalized spacial score (nSPS) is 11.3. The summed E-state index contributed by atoms with van der Waals surface area (Å²) in [4.78, 5) is 10.8. The van der Waals surface area contributed by atoms with Gasteiger partial charge >= 0.3 is 18.9 Å². The maximum atomic E-state index is 10.8. The maximum Gasteiger partial charge on any atom is 1.00 e. The van der Waals surface area contributed by atoms with Crippen molar-refractivity contribution in [3.63, 3.8) is 0 Å². The molecule has 0 N–H and O–H groups in total. The molecule has 212 valence electrons. The van der Waals surface area contributed by atoms with Gasteiger partial charge in [-0.05, 0) is 72.8 Å². The minimum Gasteiger partial charge on any atom is -0.456 e. The van der Waals surface area contributed by atoms with Crippen molar-refractivity contribution in [3.8, 4) is 23.0 Å². The number of alkyl halides is 1. The van der Waals surface area contributed by atoms with E-state index >= 15 is 0 Å². The minimum absolute atomic E-state index is 0. The number of unbranched alkanes of at least 4 members (excludes halogenated alkanes) is 1. The van der Waals surface area contributed by atoms with Gasteiger partial charge in [-0.3, -0.25) is 9.18 Å². The van der Waals surface area contributed by atoms with Crippen molar-refractivity contribution in [2.24, 2.45) is 0 Å². The van der Waals surface area contributed by atoms with E-state index in [2.05, 4.69) is 73.8 Å². The summed E-state index contributed by atoms with van der Waals surface area (Å²) in [6.45, 7) is 5.72. The largest absolute Gasteiger partial charge is 1.00 e. The number of hydrogen-bond acceptors (Lipinski definition) is 3. The number of fused-ring (bicyclic) bond motifs is 4. The molecule has 42 heavy (non-hydrogen) atoms. The fraction of sp³-hybridized carbons (Fsp3) is 0.118. The topological polar surface area (TPSA) is 35.5 Å². The van der Waals surface area contributed by atoms with Gasteiger partial charge in [0.1, 0.15) is 29.3 Å². The summed E-state index contributed by atoms with van der Waals surface area (Å²) in [5, 5.41) is 0. The number of ether oxygens (including phenoxy) is 2. The third-order valence-electron chi connectivity index (χ3n) is 5.76. The molecule has 0 bridgehead atoms. The molecule has 2 aliphatic rings. The van der Waals surface area contributed by atoms with Crippen LogP contribution in [0.1, 0.15) is 53.7 Å². The maximum absolute atomic E-state index is 10.8. The van der Waals surface area contributed by atoms with Crippen LogP contribution < -0.4 is 28.3 Å². The van der Waals surface area contributed by atoms with Crippen LogP contribution in [0, 0.1) is 6.92 Å². The van der Waals surface area contributed by atoms with Crippen molar-refractivity contribution in [1.29, 1.82) is 0 Å². The third kappa shape index (κ3) is 10.1. The van der Waals surface area contributed by atoms with E-state index in [0.717, 1.165) is 71.4 Å². The second-order valence-corrected chi connectivity index (χ2v) is 11.4. The van der Waals surface area contributed by atoms with Crippen molar-refractivity contribution < 1.29 is 38.9 Å². The zero-order chi connectivity index (χ0) is 30.5. The Morgan fingerprint density at radius 1 is 0.714 bits per heavy atom. The summed E-state index contributed by atoms with van der Waals surface area (Å²) < 4.78 is 30.4. The quantitative estimate of drug-likeness (QED) is 0.101. The first-order chi connectivity index (χ1) is 20.3. The van der Waals surface area contributed by atoms with Gasteiger partial charge in [0.25, 0.3) is 0 Å².